The highest BCUT2D eigenvalue weighted by atomic mass is 15.2. The molecule has 4 rings (SSSR count). The number of rotatable bonds is 5. The van der Waals surface area contributed by atoms with E-state index in [9.17, 15) is 0 Å². The third-order valence-corrected chi connectivity index (χ3v) is 5.97. The highest BCUT2D eigenvalue weighted by Crippen LogP contribution is 2.32. The zero-order valence-corrected chi connectivity index (χ0v) is 17.0. The van der Waals surface area contributed by atoms with Crippen LogP contribution in [0, 0.1) is 5.92 Å². The molecule has 28 heavy (non-hydrogen) atoms. The smallest absolute Gasteiger partial charge is 0.130 e. The molecule has 0 bridgehead atoms. The number of hydrogen-bond donors (Lipinski definition) is 1. The summed E-state index contributed by atoms with van der Waals surface area (Å²) in [6.07, 6.45) is 10.7. The predicted octanol–water partition coefficient (Wildman–Crippen LogP) is 4.68. The number of fused-ring (bicyclic) bond motifs is 1. The van der Waals surface area contributed by atoms with Gasteiger partial charge in [-0.05, 0) is 68.8 Å². The van der Waals surface area contributed by atoms with Crippen molar-refractivity contribution in [2.24, 2.45) is 13.0 Å². The van der Waals surface area contributed by atoms with Crippen LogP contribution in [0.5, 0.6) is 0 Å². The predicted molar refractivity (Wildman–Crippen MR) is 116 cm³/mol. The summed E-state index contributed by atoms with van der Waals surface area (Å²) in [6.45, 7) is 4.32. The molecule has 0 aliphatic heterocycles. The fraction of sp³-hybridized carbons (Fsp3) is 0.391. The average Bonchev–Trinajstić information content (AvgIpc) is 3.14. The van der Waals surface area contributed by atoms with Gasteiger partial charge in [0.25, 0.3) is 0 Å². The number of hydrogen-bond acceptors (Lipinski definition) is 4. The average molecular weight is 376 g/mol. The minimum atomic E-state index is 0.524. The molecule has 0 spiro atoms. The van der Waals surface area contributed by atoms with Gasteiger partial charge < -0.3 is 10.2 Å². The highest BCUT2D eigenvalue weighted by molar-refractivity contribution is 5.88. The van der Waals surface area contributed by atoms with Crippen LogP contribution in [0.25, 0.3) is 21.9 Å². The molecule has 0 amide bonds. The maximum Gasteiger partial charge on any atom is 0.130 e. The number of anilines is 1. The Bertz CT molecular complexity index is 980. The fourth-order valence-corrected chi connectivity index (χ4v) is 4.17. The Morgan fingerprint density at radius 3 is 2.54 bits per heavy atom. The number of nitrogens with one attached hydrogen (secondary N) is 1. The van der Waals surface area contributed by atoms with Crippen LogP contribution in [0.2, 0.25) is 0 Å². The van der Waals surface area contributed by atoms with Gasteiger partial charge in [-0.2, -0.15) is 5.10 Å². The van der Waals surface area contributed by atoms with Gasteiger partial charge in [0.05, 0.1) is 6.20 Å². The molecular weight excluding hydrogens is 346 g/mol. The molecule has 5 nitrogen and oxygen atoms in total. The van der Waals surface area contributed by atoms with Gasteiger partial charge in [0, 0.05) is 42.1 Å². The van der Waals surface area contributed by atoms with Crippen LogP contribution in [0.1, 0.15) is 25.7 Å². The molecule has 3 aromatic rings. The van der Waals surface area contributed by atoms with Crippen molar-refractivity contribution < 1.29 is 0 Å². The van der Waals surface area contributed by atoms with E-state index in [0.717, 1.165) is 22.5 Å². The molecule has 146 valence electrons. The zero-order valence-electron chi connectivity index (χ0n) is 17.0. The zero-order chi connectivity index (χ0) is 19.7. The second-order valence-electron chi connectivity index (χ2n) is 8.15. The summed E-state index contributed by atoms with van der Waals surface area (Å²) in [6, 6.07) is 9.26. The van der Waals surface area contributed by atoms with Crippen LogP contribution in [0.4, 0.5) is 5.82 Å². The van der Waals surface area contributed by atoms with Gasteiger partial charge in [0.2, 0.25) is 0 Å². The molecule has 0 saturated heterocycles. The van der Waals surface area contributed by atoms with Crippen molar-refractivity contribution in [2.75, 3.05) is 19.4 Å². The normalized spacial score (nSPS) is 19.9. The van der Waals surface area contributed by atoms with E-state index in [0.29, 0.717) is 12.0 Å². The van der Waals surface area contributed by atoms with Crippen LogP contribution >= 0.6 is 0 Å². The van der Waals surface area contributed by atoms with Crippen LogP contribution in [0.15, 0.2) is 55.1 Å². The third kappa shape index (κ3) is 3.94. The first-order valence-electron chi connectivity index (χ1n) is 10.0. The standard InChI is InChI=1S/C23H29N5/c1-16(17-7-9-22(10-8-17)27(2)3)26-23-12-20-11-18(5-6-19(20)13-24-23)21-14-25-28(4)15-21/h5-6,11-15,17,22H,1,7-10H2,2-4H3,(H,24,26). The number of benzene rings is 1. The third-order valence-electron chi connectivity index (χ3n) is 5.97. The Morgan fingerprint density at radius 1 is 1.07 bits per heavy atom. The van der Waals surface area contributed by atoms with Crippen LogP contribution in [-0.2, 0) is 7.05 Å². The second-order valence-corrected chi connectivity index (χ2v) is 8.15. The largest absolute Gasteiger partial charge is 0.344 e. The van der Waals surface area contributed by atoms with Crippen molar-refractivity contribution in [3.8, 4) is 11.1 Å². The van der Waals surface area contributed by atoms with Crippen molar-refractivity contribution in [1.29, 1.82) is 0 Å². The lowest BCUT2D eigenvalue weighted by atomic mass is 9.84. The van der Waals surface area contributed by atoms with Crippen LogP contribution in [0.3, 0.4) is 0 Å². The number of aromatic nitrogens is 3. The topological polar surface area (TPSA) is 46.0 Å². The Balaban J connectivity index is 1.49. The summed E-state index contributed by atoms with van der Waals surface area (Å²) in [7, 11) is 6.29. The maximum atomic E-state index is 4.59. The molecule has 0 atom stereocenters. The molecule has 1 aliphatic rings. The molecule has 1 aliphatic carbocycles. The number of aryl methyl sites for hydroxylation is 1. The van der Waals surface area contributed by atoms with Crippen molar-refractivity contribution in [1.82, 2.24) is 19.7 Å². The summed E-state index contributed by atoms with van der Waals surface area (Å²) in [5, 5.41) is 10.1. The molecule has 1 fully saturated rings. The maximum absolute atomic E-state index is 4.59. The lowest BCUT2D eigenvalue weighted by molar-refractivity contribution is 0.206. The van der Waals surface area contributed by atoms with E-state index >= 15 is 0 Å². The van der Waals surface area contributed by atoms with Gasteiger partial charge in [-0.3, -0.25) is 4.68 Å². The van der Waals surface area contributed by atoms with E-state index in [1.807, 2.05) is 30.3 Å². The van der Waals surface area contributed by atoms with Crippen molar-refractivity contribution >= 4 is 16.6 Å². The first-order valence-corrected chi connectivity index (χ1v) is 10.0. The van der Waals surface area contributed by atoms with E-state index < -0.39 is 0 Å². The summed E-state index contributed by atoms with van der Waals surface area (Å²) in [4.78, 5) is 6.94. The first kappa shape index (κ1) is 18.7. The quantitative estimate of drug-likeness (QED) is 0.703. The number of nitrogens with zero attached hydrogens (tertiary/aromatic N) is 4. The number of allylic oxidation sites excluding steroid dienone is 1. The Morgan fingerprint density at radius 2 is 1.86 bits per heavy atom. The van der Waals surface area contributed by atoms with E-state index in [4.69, 9.17) is 0 Å². The lowest BCUT2D eigenvalue weighted by Crippen LogP contribution is -2.33. The van der Waals surface area contributed by atoms with Crippen molar-refractivity contribution in [3.05, 3.63) is 55.1 Å². The number of pyridine rings is 1. The van der Waals surface area contributed by atoms with E-state index in [1.165, 1.54) is 36.6 Å². The molecule has 5 heteroatoms. The van der Waals surface area contributed by atoms with E-state index in [1.54, 1.807) is 0 Å². The van der Waals surface area contributed by atoms with Gasteiger partial charge in [-0.1, -0.05) is 18.7 Å². The minimum absolute atomic E-state index is 0.524. The Kier molecular flexibility index (Phi) is 5.18. The highest BCUT2D eigenvalue weighted by Gasteiger charge is 2.24. The molecule has 0 unspecified atom stereocenters. The summed E-state index contributed by atoms with van der Waals surface area (Å²) in [5.74, 6) is 1.39. The van der Waals surface area contributed by atoms with Gasteiger partial charge in [0.15, 0.2) is 0 Å². The molecule has 2 aromatic heterocycles. The second kappa shape index (κ2) is 7.76. The van der Waals surface area contributed by atoms with Crippen LogP contribution in [-0.4, -0.2) is 39.8 Å². The molecule has 1 N–H and O–H groups in total. The summed E-state index contributed by atoms with van der Waals surface area (Å²) < 4.78 is 1.83. The molecule has 1 aromatic carbocycles. The minimum Gasteiger partial charge on any atom is -0.344 e. The van der Waals surface area contributed by atoms with E-state index in [-0.39, 0.29) is 0 Å². The Labute approximate surface area is 167 Å². The molecule has 1 saturated carbocycles. The molecule has 0 radical (unpaired) electrons. The monoisotopic (exact) mass is 375 g/mol. The SMILES string of the molecule is C=C(Nc1cc2cc(-c3cnn(C)c3)ccc2cn1)C1CCC(N(C)C)CC1. The molecule has 2 heterocycles. The lowest BCUT2D eigenvalue weighted by Gasteiger charge is -2.33. The van der Waals surface area contributed by atoms with Crippen molar-refractivity contribution in [2.45, 2.75) is 31.7 Å². The van der Waals surface area contributed by atoms with E-state index in [2.05, 4.69) is 65.2 Å². The van der Waals surface area contributed by atoms with Gasteiger partial charge in [-0.25, -0.2) is 4.98 Å². The fourth-order valence-electron chi connectivity index (χ4n) is 4.17. The molecular formula is C23H29N5. The summed E-state index contributed by atoms with van der Waals surface area (Å²) in [5.41, 5.74) is 3.38. The van der Waals surface area contributed by atoms with Crippen LogP contribution < -0.4 is 5.32 Å². The van der Waals surface area contributed by atoms with Gasteiger partial charge >= 0.3 is 0 Å². The summed E-state index contributed by atoms with van der Waals surface area (Å²) >= 11 is 0. The van der Waals surface area contributed by atoms with Crippen molar-refractivity contribution in [3.63, 3.8) is 0 Å². The van der Waals surface area contributed by atoms with Gasteiger partial charge in [-0.15, -0.1) is 0 Å². The Hall–Kier alpha value is -2.66. The first-order chi connectivity index (χ1) is 13.5. The van der Waals surface area contributed by atoms with Gasteiger partial charge in [0.1, 0.15) is 5.82 Å².